The number of rotatable bonds is 3. The molecule has 1 unspecified atom stereocenters. The maximum absolute atomic E-state index is 11.7. The van der Waals surface area contributed by atoms with Gasteiger partial charge in [0.05, 0.1) is 0 Å². The minimum absolute atomic E-state index is 0.186. The minimum atomic E-state index is -0.186. The highest BCUT2D eigenvalue weighted by Crippen LogP contribution is 2.23. The van der Waals surface area contributed by atoms with Gasteiger partial charge in [0, 0.05) is 29.1 Å². The van der Waals surface area contributed by atoms with Crippen LogP contribution >= 0.6 is 23.5 Å². The van der Waals surface area contributed by atoms with Gasteiger partial charge in [-0.05, 0) is 12.1 Å². The third kappa shape index (κ3) is 3.78. The van der Waals surface area contributed by atoms with Gasteiger partial charge in [0.2, 0.25) is 0 Å². The summed E-state index contributed by atoms with van der Waals surface area (Å²) in [5.74, 6) is 3.60. The molecule has 0 radical (unpaired) electrons. The lowest BCUT2D eigenvalue weighted by molar-refractivity contribution is 0.0948. The van der Waals surface area contributed by atoms with Gasteiger partial charge in [0.15, 0.2) is 5.69 Å². The molecule has 7 heteroatoms. The van der Waals surface area contributed by atoms with E-state index in [1.165, 1.54) is 5.75 Å². The first-order valence-corrected chi connectivity index (χ1v) is 7.53. The van der Waals surface area contributed by atoms with Crippen LogP contribution in [0.3, 0.4) is 0 Å². The monoisotopic (exact) mass is 270 g/mol. The molecule has 1 amide bonds. The third-order valence-corrected chi connectivity index (χ3v) is 5.14. The number of thioether (sulfide) groups is 2. The molecule has 1 fully saturated rings. The summed E-state index contributed by atoms with van der Waals surface area (Å²) in [5.41, 5.74) is 5.72. The molecular formula is C10H14N4OS2. The Balaban J connectivity index is 1.82. The van der Waals surface area contributed by atoms with Gasteiger partial charge in [-0.25, -0.2) is 0 Å². The fourth-order valence-corrected chi connectivity index (χ4v) is 4.03. The zero-order valence-electron chi connectivity index (χ0n) is 9.26. The molecule has 3 N–H and O–H groups in total. The maximum Gasteiger partial charge on any atom is 0.271 e. The van der Waals surface area contributed by atoms with E-state index in [0.717, 1.165) is 11.5 Å². The topological polar surface area (TPSA) is 80.9 Å². The largest absolute Gasteiger partial charge is 0.382 e. The van der Waals surface area contributed by atoms with E-state index in [2.05, 4.69) is 15.5 Å². The molecular weight excluding hydrogens is 256 g/mol. The molecule has 2 heterocycles. The van der Waals surface area contributed by atoms with Crippen molar-refractivity contribution in [1.82, 2.24) is 15.5 Å². The van der Waals surface area contributed by atoms with Crippen molar-refractivity contribution in [1.29, 1.82) is 0 Å². The van der Waals surface area contributed by atoms with Crippen molar-refractivity contribution in [2.45, 2.75) is 5.25 Å². The minimum Gasteiger partial charge on any atom is -0.382 e. The molecule has 17 heavy (non-hydrogen) atoms. The summed E-state index contributed by atoms with van der Waals surface area (Å²) in [6.07, 6.45) is 0. The molecule has 92 valence electrons. The Bertz CT molecular complexity index is 378. The Hall–Kier alpha value is -0.950. The van der Waals surface area contributed by atoms with Gasteiger partial charge in [-0.1, -0.05) is 0 Å². The molecule has 0 saturated carbocycles. The van der Waals surface area contributed by atoms with Crippen LogP contribution in [0.25, 0.3) is 0 Å². The summed E-state index contributed by atoms with van der Waals surface area (Å²) in [6.45, 7) is 0.683. The number of nitrogen functional groups attached to an aromatic ring is 1. The van der Waals surface area contributed by atoms with E-state index in [0.29, 0.717) is 23.3 Å². The van der Waals surface area contributed by atoms with E-state index in [-0.39, 0.29) is 5.91 Å². The van der Waals surface area contributed by atoms with Crippen LogP contribution in [-0.2, 0) is 0 Å². The lowest BCUT2D eigenvalue weighted by Gasteiger charge is -2.20. The van der Waals surface area contributed by atoms with Gasteiger partial charge < -0.3 is 11.1 Å². The van der Waals surface area contributed by atoms with Crippen molar-refractivity contribution >= 4 is 35.2 Å². The van der Waals surface area contributed by atoms with Crippen molar-refractivity contribution in [3.8, 4) is 0 Å². The summed E-state index contributed by atoms with van der Waals surface area (Å²) < 4.78 is 0. The summed E-state index contributed by atoms with van der Waals surface area (Å²) in [5, 5.41) is 10.8. The first kappa shape index (κ1) is 12.5. The van der Waals surface area contributed by atoms with E-state index in [1.54, 1.807) is 12.1 Å². The van der Waals surface area contributed by atoms with Gasteiger partial charge in [-0.3, -0.25) is 4.79 Å². The van der Waals surface area contributed by atoms with E-state index < -0.39 is 0 Å². The van der Waals surface area contributed by atoms with Crippen molar-refractivity contribution in [2.75, 3.05) is 29.5 Å². The van der Waals surface area contributed by atoms with E-state index in [4.69, 9.17) is 5.73 Å². The fraction of sp³-hybridized carbons (Fsp3) is 0.500. The number of aromatic nitrogens is 2. The molecule has 1 atom stereocenters. The number of hydrogen-bond acceptors (Lipinski definition) is 6. The molecule has 1 aromatic heterocycles. The summed E-state index contributed by atoms with van der Waals surface area (Å²) >= 11 is 3.85. The third-order valence-electron chi connectivity index (χ3n) is 2.29. The second-order valence-electron chi connectivity index (χ2n) is 3.62. The van der Waals surface area contributed by atoms with Crippen molar-refractivity contribution in [2.24, 2.45) is 0 Å². The molecule has 1 aliphatic heterocycles. The molecule has 0 aliphatic carbocycles. The Morgan fingerprint density at radius 1 is 1.47 bits per heavy atom. The van der Waals surface area contributed by atoms with E-state index in [1.807, 2.05) is 23.5 Å². The summed E-state index contributed by atoms with van der Waals surface area (Å²) in [7, 11) is 0. The highest BCUT2D eigenvalue weighted by molar-refractivity contribution is 8.06. The van der Waals surface area contributed by atoms with Crippen LogP contribution in [0.5, 0.6) is 0 Å². The summed E-state index contributed by atoms with van der Waals surface area (Å²) in [4.78, 5) is 11.7. The number of nitrogens with zero attached hydrogens (tertiary/aromatic N) is 2. The SMILES string of the molecule is Nc1ccc(C(=O)NCC2CSCCS2)nn1. The van der Waals surface area contributed by atoms with Crippen molar-refractivity contribution in [3.05, 3.63) is 17.8 Å². The van der Waals surface area contributed by atoms with Gasteiger partial charge >= 0.3 is 0 Å². The smallest absolute Gasteiger partial charge is 0.271 e. The Morgan fingerprint density at radius 3 is 3.00 bits per heavy atom. The number of nitrogens with two attached hydrogens (primary N) is 1. The predicted octanol–water partition coefficient (Wildman–Crippen LogP) is 0.637. The molecule has 0 spiro atoms. The lowest BCUT2D eigenvalue weighted by atomic mass is 10.3. The number of anilines is 1. The highest BCUT2D eigenvalue weighted by atomic mass is 32.2. The zero-order valence-corrected chi connectivity index (χ0v) is 10.9. The van der Waals surface area contributed by atoms with Crippen molar-refractivity contribution < 1.29 is 4.79 Å². The molecule has 2 rings (SSSR count). The van der Waals surface area contributed by atoms with Crippen molar-refractivity contribution in [3.63, 3.8) is 0 Å². The first-order valence-electron chi connectivity index (χ1n) is 5.32. The first-order chi connectivity index (χ1) is 8.25. The standard InChI is InChI=1S/C10H14N4OS2/c11-9-2-1-8(13-14-9)10(15)12-5-7-6-16-3-4-17-7/h1-2,7H,3-6H2,(H2,11,14)(H,12,15). The van der Waals surface area contributed by atoms with Crippen LogP contribution in [0.2, 0.25) is 0 Å². The van der Waals surface area contributed by atoms with Gasteiger partial charge in [0.25, 0.3) is 5.91 Å². The van der Waals surface area contributed by atoms with Crippen LogP contribution in [-0.4, -0.2) is 45.2 Å². The maximum atomic E-state index is 11.7. The Morgan fingerprint density at radius 2 is 2.35 bits per heavy atom. The van der Waals surface area contributed by atoms with E-state index in [9.17, 15) is 4.79 Å². The highest BCUT2D eigenvalue weighted by Gasteiger charge is 2.16. The predicted molar refractivity (Wildman–Crippen MR) is 72.3 cm³/mol. The molecule has 0 bridgehead atoms. The molecule has 0 aromatic carbocycles. The van der Waals surface area contributed by atoms with Gasteiger partial charge in [0.1, 0.15) is 5.82 Å². The van der Waals surface area contributed by atoms with Gasteiger partial charge in [-0.2, -0.15) is 23.5 Å². The average Bonchev–Trinajstić information content (AvgIpc) is 2.38. The number of hydrogen-bond donors (Lipinski definition) is 2. The molecule has 1 saturated heterocycles. The van der Waals surface area contributed by atoms with Crippen LogP contribution in [0, 0.1) is 0 Å². The second-order valence-corrected chi connectivity index (χ2v) is 6.18. The lowest BCUT2D eigenvalue weighted by Crippen LogP contribution is -2.33. The molecule has 1 aliphatic rings. The second kappa shape index (κ2) is 6.11. The van der Waals surface area contributed by atoms with Crippen LogP contribution in [0.15, 0.2) is 12.1 Å². The zero-order chi connectivity index (χ0) is 12.1. The average molecular weight is 270 g/mol. The molecule has 1 aromatic rings. The Kier molecular flexibility index (Phi) is 4.49. The fourth-order valence-electron chi connectivity index (χ4n) is 1.42. The summed E-state index contributed by atoms with van der Waals surface area (Å²) in [6, 6.07) is 3.16. The number of carbonyl (C=O) groups is 1. The quantitative estimate of drug-likeness (QED) is 0.839. The normalized spacial score (nSPS) is 19.9. The number of nitrogens with one attached hydrogen (secondary N) is 1. The van der Waals surface area contributed by atoms with Crippen LogP contribution < -0.4 is 11.1 Å². The van der Waals surface area contributed by atoms with Gasteiger partial charge in [-0.15, -0.1) is 10.2 Å². The molecule has 5 nitrogen and oxygen atoms in total. The Labute approximate surface area is 108 Å². The van der Waals surface area contributed by atoms with E-state index >= 15 is 0 Å². The number of amides is 1. The van der Waals surface area contributed by atoms with Crippen LogP contribution in [0.4, 0.5) is 5.82 Å². The number of carbonyl (C=O) groups excluding carboxylic acids is 1. The van der Waals surface area contributed by atoms with Crippen LogP contribution in [0.1, 0.15) is 10.5 Å².